The van der Waals surface area contributed by atoms with E-state index >= 15 is 0 Å². The molecule has 2 aliphatic rings. The summed E-state index contributed by atoms with van der Waals surface area (Å²) in [5.41, 5.74) is 0.429. The van der Waals surface area contributed by atoms with Gasteiger partial charge in [0.05, 0.1) is 29.9 Å². The summed E-state index contributed by atoms with van der Waals surface area (Å²) in [6.45, 7) is 2.15. The number of ether oxygens (including phenoxy) is 9. The highest BCUT2D eigenvalue weighted by atomic mass is 16.7. The van der Waals surface area contributed by atoms with E-state index in [-0.39, 0.29) is 16.7 Å². The number of aliphatic hydroxyl groups is 1. The first-order valence-corrected chi connectivity index (χ1v) is 16.8. The van der Waals surface area contributed by atoms with E-state index < -0.39 is 104 Å². The first kappa shape index (κ1) is 39.5. The molecule has 2 aliphatic heterocycles. The monoisotopic (exact) mass is 750 g/mol. The van der Waals surface area contributed by atoms with Crippen molar-refractivity contribution in [2.24, 2.45) is 0 Å². The van der Waals surface area contributed by atoms with E-state index in [4.69, 9.17) is 42.6 Å². The Kier molecular flexibility index (Phi) is 13.5. The maximum Gasteiger partial charge on any atom is 0.338 e. The van der Waals surface area contributed by atoms with Crippen molar-refractivity contribution in [3.05, 3.63) is 108 Å². The molecule has 16 heteroatoms. The van der Waals surface area contributed by atoms with Gasteiger partial charge in [-0.2, -0.15) is 0 Å². The third kappa shape index (κ3) is 10.3. The van der Waals surface area contributed by atoms with Crippen LogP contribution in [-0.4, -0.2) is 109 Å². The van der Waals surface area contributed by atoms with Crippen LogP contribution in [0.1, 0.15) is 51.8 Å². The second-order valence-corrected chi connectivity index (χ2v) is 12.1. The lowest BCUT2D eigenvalue weighted by Gasteiger charge is -2.44. The van der Waals surface area contributed by atoms with E-state index in [2.05, 4.69) is 0 Å². The third-order valence-corrected chi connectivity index (χ3v) is 8.10. The van der Waals surface area contributed by atoms with Crippen LogP contribution in [0.15, 0.2) is 91.0 Å². The molecule has 3 aromatic rings. The third-order valence-electron chi connectivity index (χ3n) is 8.10. The van der Waals surface area contributed by atoms with Crippen molar-refractivity contribution in [2.45, 2.75) is 76.1 Å². The second-order valence-electron chi connectivity index (χ2n) is 12.1. The molecule has 2 heterocycles. The summed E-state index contributed by atoms with van der Waals surface area (Å²) in [6, 6.07) is 23.7. The van der Waals surface area contributed by atoms with Crippen LogP contribution in [-0.2, 0) is 57.0 Å². The molecular weight excluding hydrogens is 712 g/mol. The molecule has 3 aromatic carbocycles. The molecule has 0 aliphatic carbocycles. The Bertz CT molecular complexity index is 1770. The lowest BCUT2D eigenvalue weighted by Crippen LogP contribution is -2.63. The van der Waals surface area contributed by atoms with Crippen LogP contribution < -0.4 is 0 Å². The van der Waals surface area contributed by atoms with Gasteiger partial charge in [0.1, 0.15) is 6.10 Å². The Morgan fingerprint density at radius 3 is 1.46 bits per heavy atom. The summed E-state index contributed by atoms with van der Waals surface area (Å²) < 4.78 is 51.1. The van der Waals surface area contributed by atoms with Gasteiger partial charge in [0.2, 0.25) is 0 Å². The number of rotatable bonds is 12. The zero-order chi connectivity index (χ0) is 38.8. The standard InChI is InChI=1S/C38H38O16/c1-21(39)48-29-27(52-37(45)32(50-23(3)41)31(29)49-22(2)40)19-46-38-33(54-36(44)26-17-11-6-12-18-26)30(53-35(43)25-15-9-5-10-16-25)28(20-47-38)51-34(42)24-13-7-4-8-14-24/h4-18,27-33,37-38,45H,19-20H2,1-3H3/t27?,28-,29-,30-,31-,32?,33?,37+,38+/m0/s1. The molecule has 3 unspecified atom stereocenters. The maximum atomic E-state index is 13.5. The largest absolute Gasteiger partial charge is 0.456 e. The summed E-state index contributed by atoms with van der Waals surface area (Å²) in [5.74, 6) is -5.07. The van der Waals surface area contributed by atoms with E-state index in [1.54, 1.807) is 54.6 Å². The molecule has 54 heavy (non-hydrogen) atoms. The van der Waals surface area contributed by atoms with Crippen LogP contribution in [0.25, 0.3) is 0 Å². The Hall–Kier alpha value is -5.68. The van der Waals surface area contributed by atoms with E-state index in [1.807, 2.05) is 0 Å². The van der Waals surface area contributed by atoms with Gasteiger partial charge in [-0.1, -0.05) is 54.6 Å². The fourth-order valence-electron chi connectivity index (χ4n) is 5.76. The minimum Gasteiger partial charge on any atom is -0.456 e. The molecular formula is C38H38O16. The van der Waals surface area contributed by atoms with Crippen molar-refractivity contribution in [1.82, 2.24) is 0 Å². The Labute approximate surface area is 309 Å². The van der Waals surface area contributed by atoms with Crippen molar-refractivity contribution in [2.75, 3.05) is 13.2 Å². The van der Waals surface area contributed by atoms with Crippen molar-refractivity contribution < 1.29 is 76.5 Å². The minimum absolute atomic E-state index is 0.113. The van der Waals surface area contributed by atoms with Crippen molar-refractivity contribution in [1.29, 1.82) is 0 Å². The Balaban J connectivity index is 1.47. The maximum absolute atomic E-state index is 13.5. The molecule has 286 valence electrons. The predicted octanol–water partition coefficient (Wildman–Crippen LogP) is 2.55. The second kappa shape index (κ2) is 18.4. The summed E-state index contributed by atoms with van der Waals surface area (Å²) in [6.07, 6.45) is -14.0. The summed E-state index contributed by atoms with van der Waals surface area (Å²) in [4.78, 5) is 76.3. The van der Waals surface area contributed by atoms with Crippen molar-refractivity contribution in [3.63, 3.8) is 0 Å². The van der Waals surface area contributed by atoms with Gasteiger partial charge in [0, 0.05) is 20.8 Å². The first-order chi connectivity index (χ1) is 25.9. The molecule has 1 N–H and O–H groups in total. The van der Waals surface area contributed by atoms with E-state index in [0.717, 1.165) is 20.8 Å². The van der Waals surface area contributed by atoms with Crippen LogP contribution in [0.3, 0.4) is 0 Å². The topological polar surface area (TPSA) is 206 Å². The number of carbonyl (C=O) groups excluding carboxylic acids is 6. The molecule has 9 atom stereocenters. The van der Waals surface area contributed by atoms with E-state index in [9.17, 15) is 33.9 Å². The molecule has 16 nitrogen and oxygen atoms in total. The van der Waals surface area contributed by atoms with Crippen LogP contribution in [0.4, 0.5) is 0 Å². The molecule has 0 spiro atoms. The molecule has 0 saturated carbocycles. The smallest absolute Gasteiger partial charge is 0.338 e. The average molecular weight is 751 g/mol. The fraction of sp³-hybridized carbons (Fsp3) is 0.368. The first-order valence-electron chi connectivity index (χ1n) is 16.8. The molecule has 0 radical (unpaired) electrons. The Morgan fingerprint density at radius 2 is 0.981 bits per heavy atom. The van der Waals surface area contributed by atoms with E-state index in [0.29, 0.717) is 0 Å². The number of esters is 6. The van der Waals surface area contributed by atoms with Gasteiger partial charge in [-0.3, -0.25) is 14.4 Å². The highest BCUT2D eigenvalue weighted by Gasteiger charge is 2.53. The van der Waals surface area contributed by atoms with Crippen LogP contribution >= 0.6 is 0 Å². The van der Waals surface area contributed by atoms with Gasteiger partial charge >= 0.3 is 35.8 Å². The van der Waals surface area contributed by atoms with Gasteiger partial charge in [0.15, 0.2) is 49.2 Å². The summed E-state index contributed by atoms with van der Waals surface area (Å²) >= 11 is 0. The Morgan fingerprint density at radius 1 is 0.556 bits per heavy atom. The quantitative estimate of drug-likeness (QED) is 0.209. The number of hydrogen-bond acceptors (Lipinski definition) is 16. The highest BCUT2D eigenvalue weighted by Crippen LogP contribution is 2.31. The number of benzene rings is 3. The fourth-order valence-corrected chi connectivity index (χ4v) is 5.76. The number of aliphatic hydroxyl groups excluding tert-OH is 1. The zero-order valence-electron chi connectivity index (χ0n) is 29.3. The summed E-state index contributed by atoms with van der Waals surface area (Å²) in [7, 11) is 0. The lowest BCUT2D eigenvalue weighted by molar-refractivity contribution is -0.315. The molecule has 0 amide bonds. The molecule has 2 saturated heterocycles. The molecule has 2 fully saturated rings. The highest BCUT2D eigenvalue weighted by molar-refractivity contribution is 5.91. The SMILES string of the molecule is CC(=O)OC1[C@H](O)OC(CO[C@@H]2OC[C@H](OC(=O)c3ccccc3)[C@H](OC(=O)c3ccccc3)C2OC(=O)c2ccccc2)[C@H](OC(C)=O)[C@@H]1OC(C)=O. The van der Waals surface area contributed by atoms with Crippen molar-refractivity contribution >= 4 is 35.8 Å². The minimum atomic E-state index is -1.89. The van der Waals surface area contributed by atoms with Gasteiger partial charge in [-0.15, -0.1) is 0 Å². The van der Waals surface area contributed by atoms with Gasteiger partial charge in [-0.25, -0.2) is 14.4 Å². The van der Waals surface area contributed by atoms with Crippen LogP contribution in [0.5, 0.6) is 0 Å². The van der Waals surface area contributed by atoms with Gasteiger partial charge in [-0.05, 0) is 36.4 Å². The predicted molar refractivity (Wildman–Crippen MR) is 180 cm³/mol. The lowest BCUT2D eigenvalue weighted by atomic mass is 9.98. The number of carbonyl (C=O) groups is 6. The van der Waals surface area contributed by atoms with Gasteiger partial charge < -0.3 is 47.7 Å². The molecule has 0 bridgehead atoms. The molecule has 0 aromatic heterocycles. The number of hydrogen-bond donors (Lipinski definition) is 1. The normalized spacial score (nSPS) is 26.3. The summed E-state index contributed by atoms with van der Waals surface area (Å²) in [5, 5.41) is 10.8. The zero-order valence-corrected chi connectivity index (χ0v) is 29.3. The van der Waals surface area contributed by atoms with E-state index in [1.165, 1.54) is 36.4 Å². The van der Waals surface area contributed by atoms with Crippen molar-refractivity contribution in [3.8, 4) is 0 Å². The van der Waals surface area contributed by atoms with Crippen LogP contribution in [0.2, 0.25) is 0 Å². The average Bonchev–Trinajstić information content (AvgIpc) is 3.15. The molecule has 5 rings (SSSR count). The van der Waals surface area contributed by atoms with Gasteiger partial charge in [0.25, 0.3) is 0 Å². The van der Waals surface area contributed by atoms with Crippen LogP contribution in [0, 0.1) is 0 Å².